The van der Waals surface area contributed by atoms with Gasteiger partial charge in [-0.3, -0.25) is 0 Å². The highest BCUT2D eigenvalue weighted by atomic mass is 16.5. The lowest BCUT2D eigenvalue weighted by Gasteiger charge is -2.12. The molecule has 0 aromatic heterocycles. The lowest BCUT2D eigenvalue weighted by atomic mass is 10.1. The van der Waals surface area contributed by atoms with Crippen LogP contribution in [0.25, 0.3) is 0 Å². The van der Waals surface area contributed by atoms with Crippen LogP contribution < -0.4 is 10.1 Å². The highest BCUT2D eigenvalue weighted by molar-refractivity contribution is 5.33. The van der Waals surface area contributed by atoms with Crippen LogP contribution in [0.4, 0.5) is 0 Å². The molecule has 0 radical (unpaired) electrons. The smallest absolute Gasteiger partial charge is 0.174 e. The first-order valence-electron chi connectivity index (χ1n) is 7.20. The third kappa shape index (κ3) is 4.34. The second-order valence-corrected chi connectivity index (χ2v) is 4.78. The summed E-state index contributed by atoms with van der Waals surface area (Å²) in [7, 11) is 0. The summed E-state index contributed by atoms with van der Waals surface area (Å²) in [5.41, 5.74) is 3.77. The molecule has 0 unspecified atom stereocenters. The molecule has 0 fully saturated rings. The molecular weight excluding hydrogens is 260 g/mol. The van der Waals surface area contributed by atoms with Gasteiger partial charge in [-0.2, -0.15) is 5.26 Å². The van der Waals surface area contributed by atoms with E-state index in [9.17, 15) is 0 Å². The van der Waals surface area contributed by atoms with Crippen LogP contribution in [0.15, 0.2) is 48.5 Å². The summed E-state index contributed by atoms with van der Waals surface area (Å²) >= 11 is 0. The minimum atomic E-state index is 0.0790. The van der Waals surface area contributed by atoms with Gasteiger partial charge in [0.25, 0.3) is 0 Å². The van der Waals surface area contributed by atoms with E-state index >= 15 is 0 Å². The summed E-state index contributed by atoms with van der Waals surface area (Å²) in [6.45, 7) is 3.80. The van der Waals surface area contributed by atoms with Crippen molar-refractivity contribution in [3.8, 4) is 11.8 Å². The summed E-state index contributed by atoms with van der Waals surface area (Å²) in [5.74, 6) is 0.773. The molecule has 0 aliphatic heterocycles. The van der Waals surface area contributed by atoms with Gasteiger partial charge >= 0.3 is 0 Å². The Balaban J connectivity index is 1.96. The van der Waals surface area contributed by atoms with Crippen molar-refractivity contribution in [2.75, 3.05) is 6.61 Å². The van der Waals surface area contributed by atoms with Crippen molar-refractivity contribution in [1.29, 1.82) is 5.26 Å². The number of benzene rings is 2. The van der Waals surface area contributed by atoms with E-state index in [2.05, 4.69) is 36.5 Å². The Morgan fingerprint density at radius 3 is 2.29 bits per heavy atom. The SMILES string of the molecule is CCc1ccccc1CNCc1ccccc1OCC#N. The Labute approximate surface area is 126 Å². The molecule has 0 heterocycles. The predicted molar refractivity (Wildman–Crippen MR) is 83.9 cm³/mol. The van der Waals surface area contributed by atoms with E-state index in [1.807, 2.05) is 30.3 Å². The number of nitriles is 1. The number of ether oxygens (including phenoxy) is 1. The fourth-order valence-corrected chi connectivity index (χ4v) is 2.31. The van der Waals surface area contributed by atoms with Crippen LogP contribution in [0.3, 0.4) is 0 Å². The Bertz CT molecular complexity index is 617. The summed E-state index contributed by atoms with van der Waals surface area (Å²) in [6, 6.07) is 18.3. The van der Waals surface area contributed by atoms with Gasteiger partial charge in [0, 0.05) is 18.7 Å². The molecule has 1 N–H and O–H groups in total. The number of nitrogens with one attached hydrogen (secondary N) is 1. The number of aryl methyl sites for hydroxylation is 1. The van der Waals surface area contributed by atoms with Crippen LogP contribution in [0.1, 0.15) is 23.6 Å². The van der Waals surface area contributed by atoms with Crippen LogP contribution in [-0.2, 0) is 19.5 Å². The van der Waals surface area contributed by atoms with Gasteiger partial charge in [0.2, 0.25) is 0 Å². The van der Waals surface area contributed by atoms with Crippen LogP contribution in [-0.4, -0.2) is 6.61 Å². The van der Waals surface area contributed by atoms with Gasteiger partial charge in [-0.1, -0.05) is 49.4 Å². The van der Waals surface area contributed by atoms with Crippen molar-refractivity contribution in [2.45, 2.75) is 26.4 Å². The molecule has 0 bridgehead atoms. The summed E-state index contributed by atoms with van der Waals surface area (Å²) < 4.78 is 5.43. The van der Waals surface area contributed by atoms with Gasteiger partial charge in [-0.25, -0.2) is 0 Å². The third-order valence-corrected chi connectivity index (χ3v) is 3.40. The van der Waals surface area contributed by atoms with Crippen LogP contribution in [0, 0.1) is 11.3 Å². The molecule has 0 atom stereocenters. The van der Waals surface area contributed by atoms with Gasteiger partial charge in [-0.15, -0.1) is 0 Å². The lowest BCUT2D eigenvalue weighted by molar-refractivity contribution is 0.362. The quantitative estimate of drug-likeness (QED) is 0.845. The average Bonchev–Trinajstić information content (AvgIpc) is 2.54. The van der Waals surface area contributed by atoms with Crippen molar-refractivity contribution in [3.63, 3.8) is 0 Å². The fourth-order valence-electron chi connectivity index (χ4n) is 2.31. The summed E-state index contributed by atoms with van der Waals surface area (Å²) in [6.07, 6.45) is 1.04. The van der Waals surface area contributed by atoms with E-state index in [1.165, 1.54) is 11.1 Å². The number of para-hydroxylation sites is 1. The normalized spacial score (nSPS) is 10.1. The average molecular weight is 280 g/mol. The Hall–Kier alpha value is -2.31. The molecule has 2 aromatic rings. The molecule has 0 saturated heterocycles. The highest BCUT2D eigenvalue weighted by Crippen LogP contribution is 2.18. The maximum atomic E-state index is 8.61. The van der Waals surface area contributed by atoms with Gasteiger partial charge < -0.3 is 10.1 Å². The van der Waals surface area contributed by atoms with E-state index < -0.39 is 0 Å². The predicted octanol–water partition coefficient (Wildman–Crippen LogP) is 3.44. The zero-order valence-corrected chi connectivity index (χ0v) is 12.3. The first-order valence-corrected chi connectivity index (χ1v) is 7.20. The standard InChI is InChI=1S/C18H20N2O/c1-2-15-7-3-4-8-16(15)13-20-14-17-9-5-6-10-18(17)21-12-11-19/h3-10,20H,2,12-14H2,1H3. The van der Waals surface area contributed by atoms with E-state index in [1.54, 1.807) is 0 Å². The summed E-state index contributed by atoms with van der Waals surface area (Å²) in [5, 5.41) is 12.1. The molecular formula is C18H20N2O. The molecule has 3 nitrogen and oxygen atoms in total. The number of nitrogens with zero attached hydrogens (tertiary/aromatic N) is 1. The van der Waals surface area contributed by atoms with E-state index in [4.69, 9.17) is 10.00 Å². The molecule has 3 heteroatoms. The third-order valence-electron chi connectivity index (χ3n) is 3.40. The van der Waals surface area contributed by atoms with Crippen molar-refractivity contribution >= 4 is 0 Å². The van der Waals surface area contributed by atoms with Crippen LogP contribution >= 0.6 is 0 Å². The Morgan fingerprint density at radius 1 is 0.952 bits per heavy atom. The van der Waals surface area contributed by atoms with Crippen LogP contribution in [0.2, 0.25) is 0 Å². The zero-order chi connectivity index (χ0) is 14.9. The Kier molecular flexibility index (Phi) is 5.81. The van der Waals surface area contributed by atoms with Crippen LogP contribution in [0.5, 0.6) is 5.75 Å². The molecule has 0 amide bonds. The molecule has 108 valence electrons. The van der Waals surface area contributed by atoms with E-state index in [-0.39, 0.29) is 6.61 Å². The van der Waals surface area contributed by atoms with Crippen molar-refractivity contribution in [1.82, 2.24) is 5.32 Å². The number of hydrogen-bond donors (Lipinski definition) is 1. The maximum Gasteiger partial charge on any atom is 0.174 e. The minimum absolute atomic E-state index is 0.0790. The largest absolute Gasteiger partial charge is 0.478 e. The molecule has 0 aliphatic carbocycles. The monoisotopic (exact) mass is 280 g/mol. The number of rotatable bonds is 7. The molecule has 2 aromatic carbocycles. The summed E-state index contributed by atoms with van der Waals surface area (Å²) in [4.78, 5) is 0. The molecule has 0 saturated carbocycles. The minimum Gasteiger partial charge on any atom is -0.478 e. The Morgan fingerprint density at radius 2 is 1.57 bits per heavy atom. The van der Waals surface area contributed by atoms with Gasteiger partial charge in [-0.05, 0) is 23.6 Å². The maximum absolute atomic E-state index is 8.61. The second kappa shape index (κ2) is 8.08. The lowest BCUT2D eigenvalue weighted by Crippen LogP contribution is -2.14. The second-order valence-electron chi connectivity index (χ2n) is 4.78. The first-order chi connectivity index (χ1) is 10.3. The first kappa shape index (κ1) is 15.1. The molecule has 0 spiro atoms. The van der Waals surface area contributed by atoms with Crippen molar-refractivity contribution < 1.29 is 4.74 Å². The topological polar surface area (TPSA) is 45.0 Å². The number of hydrogen-bond acceptors (Lipinski definition) is 3. The fraction of sp³-hybridized carbons (Fsp3) is 0.278. The van der Waals surface area contributed by atoms with Crippen molar-refractivity contribution in [3.05, 3.63) is 65.2 Å². The zero-order valence-electron chi connectivity index (χ0n) is 12.3. The highest BCUT2D eigenvalue weighted by Gasteiger charge is 2.03. The molecule has 0 aliphatic rings. The van der Waals surface area contributed by atoms with Crippen molar-refractivity contribution in [2.24, 2.45) is 0 Å². The van der Waals surface area contributed by atoms with Gasteiger partial charge in [0.05, 0.1) is 0 Å². The van der Waals surface area contributed by atoms with Gasteiger partial charge in [0.1, 0.15) is 11.8 Å². The van der Waals surface area contributed by atoms with Gasteiger partial charge in [0.15, 0.2) is 6.61 Å². The van der Waals surface area contributed by atoms with E-state index in [0.29, 0.717) is 0 Å². The molecule has 2 rings (SSSR count). The van der Waals surface area contributed by atoms with E-state index in [0.717, 1.165) is 30.8 Å². The molecule has 21 heavy (non-hydrogen) atoms.